The van der Waals surface area contributed by atoms with Crippen LogP contribution in [0.4, 0.5) is 4.79 Å². The van der Waals surface area contributed by atoms with E-state index in [4.69, 9.17) is 9.47 Å². The molecule has 1 aliphatic heterocycles. The number of methoxy groups -OCH3 is 1. The van der Waals surface area contributed by atoms with Gasteiger partial charge in [-0.05, 0) is 20.8 Å². The van der Waals surface area contributed by atoms with Gasteiger partial charge < -0.3 is 19.5 Å². The summed E-state index contributed by atoms with van der Waals surface area (Å²) in [6.07, 6.45) is 2.54. The molecular weight excluding hydrogens is 328 g/mol. The van der Waals surface area contributed by atoms with Crippen LogP contribution in [0.15, 0.2) is 12.4 Å². The summed E-state index contributed by atoms with van der Waals surface area (Å²) in [5.41, 5.74) is -0.0677. The van der Waals surface area contributed by atoms with Gasteiger partial charge in [-0.3, -0.25) is 14.7 Å². The number of aromatic nitrogens is 2. The largest absolute Gasteiger partial charge is 0.480 e. The Morgan fingerprint density at radius 3 is 2.56 bits per heavy atom. The van der Waals surface area contributed by atoms with Gasteiger partial charge in [0.2, 0.25) is 5.88 Å². The first-order chi connectivity index (χ1) is 11.7. The molecule has 1 fully saturated rings. The summed E-state index contributed by atoms with van der Waals surface area (Å²) in [6, 6.07) is -0.854. The number of hydrogen-bond donors (Lipinski definition) is 1. The van der Waals surface area contributed by atoms with E-state index in [1.807, 2.05) is 0 Å². The van der Waals surface area contributed by atoms with Crippen LogP contribution in [0.25, 0.3) is 0 Å². The number of piperazine rings is 1. The van der Waals surface area contributed by atoms with Crippen LogP contribution in [0.5, 0.6) is 5.88 Å². The Balaban J connectivity index is 2.09. The van der Waals surface area contributed by atoms with Crippen LogP contribution in [0.2, 0.25) is 0 Å². The van der Waals surface area contributed by atoms with Crippen molar-refractivity contribution in [2.24, 2.45) is 0 Å². The van der Waals surface area contributed by atoms with E-state index in [1.165, 1.54) is 24.4 Å². The molecule has 0 spiro atoms. The highest BCUT2D eigenvalue weighted by molar-refractivity contribution is 5.76. The fraction of sp³-hybridized carbons (Fsp3) is 0.625. The summed E-state index contributed by atoms with van der Waals surface area (Å²) in [7, 11) is 1.49. The number of aliphatic carboxylic acids is 1. The predicted molar refractivity (Wildman–Crippen MR) is 88.2 cm³/mol. The fourth-order valence-electron chi connectivity index (χ4n) is 2.56. The zero-order valence-electron chi connectivity index (χ0n) is 14.9. The Morgan fingerprint density at radius 2 is 1.96 bits per heavy atom. The minimum atomic E-state index is -1.00. The van der Waals surface area contributed by atoms with Crippen LogP contribution in [-0.2, 0) is 16.1 Å². The van der Waals surface area contributed by atoms with Crippen molar-refractivity contribution in [2.75, 3.05) is 26.7 Å². The van der Waals surface area contributed by atoms with Gasteiger partial charge in [-0.25, -0.2) is 9.78 Å². The zero-order valence-corrected chi connectivity index (χ0v) is 14.9. The smallest absolute Gasteiger partial charge is 0.410 e. The number of hydrogen-bond acceptors (Lipinski definition) is 7. The summed E-state index contributed by atoms with van der Waals surface area (Å²) in [5.74, 6) is -0.641. The molecule has 1 aromatic heterocycles. The molecule has 9 nitrogen and oxygen atoms in total. The second-order valence-electron chi connectivity index (χ2n) is 6.76. The quantitative estimate of drug-likeness (QED) is 0.855. The molecule has 2 heterocycles. The second kappa shape index (κ2) is 7.64. The Hall–Kier alpha value is -2.42. The van der Waals surface area contributed by atoms with E-state index < -0.39 is 23.7 Å². The van der Waals surface area contributed by atoms with Crippen LogP contribution in [0.3, 0.4) is 0 Å². The molecule has 1 atom stereocenters. The van der Waals surface area contributed by atoms with E-state index in [9.17, 15) is 14.7 Å². The van der Waals surface area contributed by atoms with Crippen LogP contribution in [0, 0.1) is 0 Å². The number of carbonyl (C=O) groups excluding carboxylic acids is 1. The molecule has 1 saturated heterocycles. The Morgan fingerprint density at radius 1 is 1.28 bits per heavy atom. The lowest BCUT2D eigenvalue weighted by Crippen LogP contribution is -2.57. The zero-order chi connectivity index (χ0) is 18.6. The lowest BCUT2D eigenvalue weighted by molar-refractivity contribution is -0.145. The summed E-state index contributed by atoms with van der Waals surface area (Å²) in [5, 5.41) is 9.56. The van der Waals surface area contributed by atoms with E-state index >= 15 is 0 Å². The Bertz CT molecular complexity index is 631. The third-order valence-electron chi connectivity index (χ3n) is 3.71. The lowest BCUT2D eigenvalue weighted by Gasteiger charge is -2.39. The average Bonchev–Trinajstić information content (AvgIpc) is 2.53. The minimum absolute atomic E-state index is 0.0484. The van der Waals surface area contributed by atoms with Crippen LogP contribution >= 0.6 is 0 Å². The van der Waals surface area contributed by atoms with Gasteiger partial charge in [0.05, 0.1) is 13.7 Å². The van der Waals surface area contributed by atoms with Crippen molar-refractivity contribution in [3.05, 3.63) is 18.1 Å². The number of carbonyl (C=O) groups is 2. The van der Waals surface area contributed by atoms with Crippen molar-refractivity contribution in [1.82, 2.24) is 19.8 Å². The Kier molecular flexibility index (Phi) is 5.78. The number of carboxylic acid groups (broad SMARTS) is 1. The van der Waals surface area contributed by atoms with E-state index in [-0.39, 0.29) is 13.1 Å². The molecule has 0 bridgehead atoms. The first kappa shape index (κ1) is 18.9. The molecule has 0 saturated carbocycles. The maximum absolute atomic E-state index is 12.2. The van der Waals surface area contributed by atoms with Crippen molar-refractivity contribution in [2.45, 2.75) is 39.0 Å². The van der Waals surface area contributed by atoms with E-state index in [0.29, 0.717) is 24.7 Å². The molecule has 25 heavy (non-hydrogen) atoms. The SMILES string of the molecule is COc1nccnc1CN1CCN(C(=O)OC(C)(C)C)CC1C(=O)O. The van der Waals surface area contributed by atoms with Crippen molar-refractivity contribution in [3.63, 3.8) is 0 Å². The molecule has 2 rings (SSSR count). The molecule has 1 amide bonds. The monoisotopic (exact) mass is 352 g/mol. The maximum Gasteiger partial charge on any atom is 0.410 e. The van der Waals surface area contributed by atoms with Crippen molar-refractivity contribution in [3.8, 4) is 5.88 Å². The topological polar surface area (TPSA) is 105 Å². The van der Waals surface area contributed by atoms with Gasteiger partial charge in [0.1, 0.15) is 17.3 Å². The average molecular weight is 352 g/mol. The van der Waals surface area contributed by atoms with E-state index in [2.05, 4.69) is 9.97 Å². The third-order valence-corrected chi connectivity index (χ3v) is 3.71. The molecule has 0 aromatic carbocycles. The normalized spacial score (nSPS) is 18.7. The molecule has 138 valence electrons. The van der Waals surface area contributed by atoms with Gasteiger partial charge >= 0.3 is 12.1 Å². The Labute approximate surface area is 146 Å². The first-order valence-corrected chi connectivity index (χ1v) is 8.00. The number of ether oxygens (including phenoxy) is 2. The molecule has 1 aromatic rings. The van der Waals surface area contributed by atoms with E-state index in [1.54, 1.807) is 25.7 Å². The van der Waals surface area contributed by atoms with Gasteiger partial charge in [0.25, 0.3) is 0 Å². The fourth-order valence-corrected chi connectivity index (χ4v) is 2.56. The van der Waals surface area contributed by atoms with Crippen molar-refractivity contribution < 1.29 is 24.2 Å². The number of carboxylic acids is 1. The van der Waals surface area contributed by atoms with Gasteiger partial charge in [0.15, 0.2) is 0 Å². The molecule has 0 radical (unpaired) electrons. The number of amides is 1. The highest BCUT2D eigenvalue weighted by Crippen LogP contribution is 2.19. The first-order valence-electron chi connectivity index (χ1n) is 8.00. The van der Waals surface area contributed by atoms with Crippen LogP contribution in [-0.4, -0.2) is 75.3 Å². The minimum Gasteiger partial charge on any atom is -0.480 e. The number of rotatable bonds is 4. The molecule has 9 heteroatoms. The highest BCUT2D eigenvalue weighted by Gasteiger charge is 2.36. The van der Waals surface area contributed by atoms with Gasteiger partial charge in [-0.15, -0.1) is 0 Å². The standard InChI is InChI=1S/C16H24N4O5/c1-16(2,3)25-15(23)20-8-7-19(12(10-20)14(21)22)9-11-13(24-4)18-6-5-17-11/h5-6,12H,7-10H2,1-4H3,(H,21,22). The van der Waals surface area contributed by atoms with E-state index in [0.717, 1.165) is 0 Å². The number of nitrogens with zero attached hydrogens (tertiary/aromatic N) is 4. The van der Waals surface area contributed by atoms with Gasteiger partial charge in [-0.2, -0.15) is 0 Å². The lowest BCUT2D eigenvalue weighted by atomic mass is 10.1. The highest BCUT2D eigenvalue weighted by atomic mass is 16.6. The van der Waals surface area contributed by atoms with Crippen LogP contribution < -0.4 is 4.74 Å². The van der Waals surface area contributed by atoms with Crippen LogP contribution in [0.1, 0.15) is 26.5 Å². The molecular formula is C16H24N4O5. The maximum atomic E-state index is 12.2. The van der Waals surface area contributed by atoms with Gasteiger partial charge in [-0.1, -0.05) is 0 Å². The molecule has 1 N–H and O–H groups in total. The molecule has 1 aliphatic rings. The third kappa shape index (κ3) is 5.02. The summed E-state index contributed by atoms with van der Waals surface area (Å²) < 4.78 is 10.5. The summed E-state index contributed by atoms with van der Waals surface area (Å²) in [4.78, 5) is 35.3. The van der Waals surface area contributed by atoms with Gasteiger partial charge in [0, 0.05) is 32.0 Å². The predicted octanol–water partition coefficient (Wildman–Crippen LogP) is 0.991. The summed E-state index contributed by atoms with van der Waals surface area (Å²) >= 11 is 0. The van der Waals surface area contributed by atoms with Crippen molar-refractivity contribution in [1.29, 1.82) is 0 Å². The second-order valence-corrected chi connectivity index (χ2v) is 6.76. The molecule has 0 aliphatic carbocycles. The summed E-state index contributed by atoms with van der Waals surface area (Å²) in [6.45, 7) is 6.41. The molecule has 1 unspecified atom stereocenters. The van der Waals surface area contributed by atoms with Crippen molar-refractivity contribution >= 4 is 12.1 Å².